The Balaban J connectivity index is 2.04. The molecule has 0 spiro atoms. The summed E-state index contributed by atoms with van der Waals surface area (Å²) >= 11 is 0. The van der Waals surface area contributed by atoms with E-state index in [9.17, 15) is 9.59 Å². The number of carbonyl (C=O) groups is 2. The first-order valence-electron chi connectivity index (χ1n) is 7.93. The zero-order valence-electron chi connectivity index (χ0n) is 15.2. The molecule has 0 saturated heterocycles. The van der Waals surface area contributed by atoms with E-state index in [0.29, 0.717) is 11.3 Å². The van der Waals surface area contributed by atoms with Crippen molar-refractivity contribution in [1.82, 2.24) is 5.43 Å². The minimum Gasteiger partial charge on any atom is -0.493 e. The maximum absolute atomic E-state index is 12.3. The lowest BCUT2D eigenvalue weighted by Gasteiger charge is -2.13. The van der Waals surface area contributed by atoms with E-state index in [1.807, 2.05) is 18.2 Å². The third-order valence-electron chi connectivity index (χ3n) is 3.51. The second kappa shape index (κ2) is 9.93. The van der Waals surface area contributed by atoms with Crippen molar-refractivity contribution in [3.63, 3.8) is 0 Å². The van der Waals surface area contributed by atoms with Crippen LogP contribution in [0.2, 0.25) is 0 Å². The van der Waals surface area contributed by atoms with Crippen molar-refractivity contribution < 1.29 is 28.5 Å². The summed E-state index contributed by atoms with van der Waals surface area (Å²) < 4.78 is 19.8. The fourth-order valence-corrected chi connectivity index (χ4v) is 2.23. The highest BCUT2D eigenvalue weighted by Gasteiger charge is 2.19. The fourth-order valence-electron chi connectivity index (χ4n) is 2.23. The number of amides is 1. The Morgan fingerprint density at radius 1 is 1.04 bits per heavy atom. The van der Waals surface area contributed by atoms with Gasteiger partial charge < -0.3 is 18.9 Å². The molecule has 0 saturated carbocycles. The number of hydrogen-bond acceptors (Lipinski definition) is 7. The fraction of sp³-hybridized carbons (Fsp3) is 0.211. The van der Waals surface area contributed by atoms with Gasteiger partial charge in [0.15, 0.2) is 17.6 Å². The standard InChI is InChI=1S/C19H20N2O6/c1-24-16-11-13(9-10-15(16)27-19(23)26-3)12-20-21-18(22)17(25-2)14-7-5-4-6-8-14/h4-12,17H,1-3H3,(H,21,22)/t17-/m1/s1. The smallest absolute Gasteiger partial charge is 0.493 e. The van der Waals surface area contributed by atoms with Crippen LogP contribution in [0.1, 0.15) is 17.2 Å². The minimum atomic E-state index is -0.853. The van der Waals surface area contributed by atoms with Gasteiger partial charge in [-0.25, -0.2) is 10.2 Å². The first-order chi connectivity index (χ1) is 13.1. The highest BCUT2D eigenvalue weighted by Crippen LogP contribution is 2.27. The average Bonchev–Trinajstić information content (AvgIpc) is 2.70. The average molecular weight is 372 g/mol. The Labute approximate surface area is 156 Å². The minimum absolute atomic E-state index is 0.203. The van der Waals surface area contributed by atoms with Crippen molar-refractivity contribution in [2.75, 3.05) is 21.3 Å². The number of hydrazone groups is 1. The molecule has 0 aromatic heterocycles. The highest BCUT2D eigenvalue weighted by atomic mass is 16.7. The van der Waals surface area contributed by atoms with Crippen LogP contribution in [-0.2, 0) is 14.3 Å². The number of nitrogens with one attached hydrogen (secondary N) is 1. The molecule has 0 fully saturated rings. The molecule has 1 amide bonds. The van der Waals surface area contributed by atoms with Crippen molar-refractivity contribution >= 4 is 18.3 Å². The Hall–Kier alpha value is -3.39. The summed E-state index contributed by atoms with van der Waals surface area (Å²) in [5, 5.41) is 3.93. The first kappa shape index (κ1) is 19.9. The highest BCUT2D eigenvalue weighted by molar-refractivity contribution is 5.85. The SMILES string of the molecule is COC(=O)Oc1ccc(C=NNC(=O)[C@H](OC)c2ccccc2)cc1OC. The molecule has 27 heavy (non-hydrogen) atoms. The van der Waals surface area contributed by atoms with E-state index in [1.54, 1.807) is 24.3 Å². The topological polar surface area (TPSA) is 95.5 Å². The van der Waals surface area contributed by atoms with E-state index in [1.165, 1.54) is 33.6 Å². The summed E-state index contributed by atoms with van der Waals surface area (Å²) in [5.74, 6) is 0.112. The summed E-state index contributed by atoms with van der Waals surface area (Å²) in [6, 6.07) is 13.9. The van der Waals surface area contributed by atoms with Gasteiger partial charge in [0, 0.05) is 7.11 Å². The van der Waals surface area contributed by atoms with Crippen LogP contribution in [-0.4, -0.2) is 39.6 Å². The monoisotopic (exact) mass is 372 g/mol. The number of methoxy groups -OCH3 is 3. The van der Waals surface area contributed by atoms with Crippen LogP contribution < -0.4 is 14.9 Å². The van der Waals surface area contributed by atoms with Gasteiger partial charge in [0.05, 0.1) is 20.4 Å². The third-order valence-corrected chi connectivity index (χ3v) is 3.51. The van der Waals surface area contributed by atoms with Crippen LogP contribution >= 0.6 is 0 Å². The van der Waals surface area contributed by atoms with Crippen molar-refractivity contribution in [2.45, 2.75) is 6.10 Å². The number of ether oxygens (including phenoxy) is 4. The van der Waals surface area contributed by atoms with Gasteiger partial charge in [0.2, 0.25) is 0 Å². The van der Waals surface area contributed by atoms with Crippen LogP contribution in [0.4, 0.5) is 4.79 Å². The first-order valence-corrected chi connectivity index (χ1v) is 7.93. The maximum Gasteiger partial charge on any atom is 0.513 e. The lowest BCUT2D eigenvalue weighted by atomic mass is 10.1. The largest absolute Gasteiger partial charge is 0.513 e. The van der Waals surface area contributed by atoms with E-state index < -0.39 is 18.2 Å². The van der Waals surface area contributed by atoms with Crippen LogP contribution in [0.15, 0.2) is 53.6 Å². The molecule has 0 radical (unpaired) electrons. The van der Waals surface area contributed by atoms with Crippen molar-refractivity contribution in [3.05, 3.63) is 59.7 Å². The van der Waals surface area contributed by atoms with E-state index >= 15 is 0 Å². The second-order valence-corrected chi connectivity index (χ2v) is 5.23. The van der Waals surface area contributed by atoms with Gasteiger partial charge in [-0.3, -0.25) is 4.79 Å². The summed E-state index contributed by atoms with van der Waals surface area (Å²) in [4.78, 5) is 23.5. The molecule has 0 aliphatic heterocycles. The van der Waals surface area contributed by atoms with Gasteiger partial charge in [-0.1, -0.05) is 30.3 Å². The van der Waals surface area contributed by atoms with Crippen molar-refractivity contribution in [1.29, 1.82) is 0 Å². The molecule has 2 rings (SSSR count). The van der Waals surface area contributed by atoms with E-state index in [-0.39, 0.29) is 5.75 Å². The van der Waals surface area contributed by atoms with Crippen LogP contribution in [0.3, 0.4) is 0 Å². The molecule has 1 atom stereocenters. The molecule has 8 heteroatoms. The molecule has 2 aromatic rings. The predicted molar refractivity (Wildman–Crippen MR) is 98.0 cm³/mol. The van der Waals surface area contributed by atoms with Gasteiger partial charge in [-0.2, -0.15) is 5.10 Å². The molecule has 0 aliphatic carbocycles. The molecular formula is C19H20N2O6. The molecule has 0 heterocycles. The quantitative estimate of drug-likeness (QED) is 0.347. The molecular weight excluding hydrogens is 352 g/mol. The van der Waals surface area contributed by atoms with Crippen LogP contribution in [0.5, 0.6) is 11.5 Å². The van der Waals surface area contributed by atoms with Crippen LogP contribution in [0, 0.1) is 0 Å². The Bertz CT molecular complexity index is 807. The molecule has 142 valence electrons. The Morgan fingerprint density at radius 3 is 2.41 bits per heavy atom. The van der Waals surface area contributed by atoms with E-state index in [0.717, 1.165) is 5.56 Å². The van der Waals surface area contributed by atoms with Crippen molar-refractivity contribution in [2.24, 2.45) is 5.10 Å². The molecule has 0 aliphatic rings. The predicted octanol–water partition coefficient (Wildman–Crippen LogP) is 2.68. The molecule has 0 unspecified atom stereocenters. The number of carbonyl (C=O) groups excluding carboxylic acids is 2. The van der Waals surface area contributed by atoms with Gasteiger partial charge in [-0.15, -0.1) is 0 Å². The lowest BCUT2D eigenvalue weighted by Crippen LogP contribution is -2.26. The molecule has 1 N–H and O–H groups in total. The van der Waals surface area contributed by atoms with Gasteiger partial charge in [0.1, 0.15) is 0 Å². The zero-order chi connectivity index (χ0) is 19.6. The third kappa shape index (κ3) is 5.55. The van der Waals surface area contributed by atoms with E-state index in [4.69, 9.17) is 14.2 Å². The summed E-state index contributed by atoms with van der Waals surface area (Å²) in [6.45, 7) is 0. The van der Waals surface area contributed by atoms with E-state index in [2.05, 4.69) is 15.3 Å². The Kier molecular flexibility index (Phi) is 7.33. The number of rotatable bonds is 7. The molecule has 2 aromatic carbocycles. The zero-order valence-corrected chi connectivity index (χ0v) is 15.2. The lowest BCUT2D eigenvalue weighted by molar-refractivity contribution is -0.131. The Morgan fingerprint density at radius 2 is 1.78 bits per heavy atom. The van der Waals surface area contributed by atoms with Gasteiger partial charge in [-0.05, 0) is 29.3 Å². The van der Waals surface area contributed by atoms with Gasteiger partial charge >= 0.3 is 6.16 Å². The number of hydrogen-bond donors (Lipinski definition) is 1. The normalized spacial score (nSPS) is 11.7. The van der Waals surface area contributed by atoms with Gasteiger partial charge in [0.25, 0.3) is 5.91 Å². The molecule has 8 nitrogen and oxygen atoms in total. The van der Waals surface area contributed by atoms with Crippen LogP contribution in [0.25, 0.3) is 0 Å². The molecule has 0 bridgehead atoms. The maximum atomic E-state index is 12.3. The summed E-state index contributed by atoms with van der Waals surface area (Å²) in [6.07, 6.45) is -0.192. The number of nitrogens with zero attached hydrogens (tertiary/aromatic N) is 1. The van der Waals surface area contributed by atoms with Crippen molar-refractivity contribution in [3.8, 4) is 11.5 Å². The summed E-state index contributed by atoms with van der Waals surface area (Å²) in [5.41, 5.74) is 3.78. The number of benzene rings is 2. The second-order valence-electron chi connectivity index (χ2n) is 5.23. The summed E-state index contributed by atoms with van der Waals surface area (Å²) in [7, 11) is 4.10.